The summed E-state index contributed by atoms with van der Waals surface area (Å²) in [5.41, 5.74) is 2.33. The van der Waals surface area contributed by atoms with Crippen molar-refractivity contribution in [2.24, 2.45) is 0 Å². The molecule has 0 radical (unpaired) electrons. The van der Waals surface area contributed by atoms with Crippen molar-refractivity contribution in [1.82, 2.24) is 5.32 Å². The molecule has 0 aliphatic heterocycles. The molecule has 3 rings (SSSR count). The molecule has 2 atom stereocenters. The average Bonchev–Trinajstić information content (AvgIpc) is 2.51. The monoisotopic (exact) mass is 267 g/mol. The summed E-state index contributed by atoms with van der Waals surface area (Å²) in [6.45, 7) is 2.95. The zero-order valence-electron chi connectivity index (χ0n) is 11.8. The second-order valence-electron chi connectivity index (χ2n) is 5.44. The van der Waals surface area contributed by atoms with Crippen LogP contribution in [-0.2, 0) is 12.0 Å². The van der Waals surface area contributed by atoms with Gasteiger partial charge in [0.2, 0.25) is 0 Å². The lowest BCUT2D eigenvalue weighted by Gasteiger charge is -2.42. The molecule has 20 heavy (non-hydrogen) atoms. The molecule has 2 unspecified atom stereocenters. The fraction of sp³-hybridized carbons (Fsp3) is 0.333. The summed E-state index contributed by atoms with van der Waals surface area (Å²) in [5.74, 6) is 0. The zero-order valence-corrected chi connectivity index (χ0v) is 11.8. The van der Waals surface area contributed by atoms with E-state index in [0.29, 0.717) is 0 Å². The van der Waals surface area contributed by atoms with Crippen LogP contribution in [0.15, 0.2) is 54.6 Å². The Morgan fingerprint density at radius 3 is 2.55 bits per heavy atom. The van der Waals surface area contributed by atoms with Gasteiger partial charge in [-0.1, -0.05) is 61.5 Å². The molecule has 0 saturated heterocycles. The molecule has 0 spiro atoms. The predicted molar refractivity (Wildman–Crippen MR) is 81.7 cm³/mol. The van der Waals surface area contributed by atoms with Crippen molar-refractivity contribution in [3.63, 3.8) is 0 Å². The van der Waals surface area contributed by atoms with Gasteiger partial charge in [-0.15, -0.1) is 0 Å². The summed E-state index contributed by atoms with van der Waals surface area (Å²) in [7, 11) is 0. The number of likely N-dealkylation sites (N-methyl/N-ethyl adjacent to an activating group) is 1. The quantitative estimate of drug-likeness (QED) is 0.896. The van der Waals surface area contributed by atoms with Crippen LogP contribution in [0.3, 0.4) is 0 Å². The highest BCUT2D eigenvalue weighted by Gasteiger charge is 2.43. The number of aryl methyl sites for hydroxylation is 1. The molecule has 2 nitrogen and oxygen atoms in total. The van der Waals surface area contributed by atoms with E-state index in [1.54, 1.807) is 0 Å². The zero-order chi connectivity index (χ0) is 14.0. The Bertz CT molecular complexity index is 581. The first-order valence-corrected chi connectivity index (χ1v) is 7.36. The Kier molecular flexibility index (Phi) is 3.60. The van der Waals surface area contributed by atoms with E-state index >= 15 is 0 Å². The van der Waals surface area contributed by atoms with Gasteiger partial charge in [0.25, 0.3) is 0 Å². The second-order valence-corrected chi connectivity index (χ2v) is 5.44. The van der Waals surface area contributed by atoms with E-state index in [0.717, 1.165) is 30.5 Å². The van der Waals surface area contributed by atoms with E-state index in [1.807, 2.05) is 36.4 Å². The number of fused-ring (bicyclic) bond motifs is 1. The minimum Gasteiger partial charge on any atom is -0.379 e. The van der Waals surface area contributed by atoms with Crippen molar-refractivity contribution in [2.75, 3.05) is 6.54 Å². The van der Waals surface area contributed by atoms with Gasteiger partial charge in [0.05, 0.1) is 0 Å². The highest BCUT2D eigenvalue weighted by atomic mass is 16.3. The van der Waals surface area contributed by atoms with Gasteiger partial charge in [0, 0.05) is 6.04 Å². The number of rotatable bonds is 3. The van der Waals surface area contributed by atoms with E-state index in [9.17, 15) is 5.11 Å². The number of aliphatic hydroxyl groups is 1. The summed E-state index contributed by atoms with van der Waals surface area (Å²) in [5, 5.41) is 15.0. The first-order chi connectivity index (χ1) is 9.76. The molecule has 1 aliphatic carbocycles. The highest BCUT2D eigenvalue weighted by Crippen LogP contribution is 2.40. The molecule has 1 aliphatic rings. The van der Waals surface area contributed by atoms with Crippen LogP contribution in [0, 0.1) is 0 Å². The highest BCUT2D eigenvalue weighted by molar-refractivity contribution is 5.45. The maximum atomic E-state index is 11.5. The molecule has 2 heteroatoms. The van der Waals surface area contributed by atoms with Crippen LogP contribution < -0.4 is 5.32 Å². The summed E-state index contributed by atoms with van der Waals surface area (Å²) in [4.78, 5) is 0. The topological polar surface area (TPSA) is 32.3 Å². The lowest BCUT2D eigenvalue weighted by atomic mass is 9.72. The average molecular weight is 267 g/mol. The van der Waals surface area contributed by atoms with Gasteiger partial charge in [-0.2, -0.15) is 0 Å². The molecule has 2 aromatic rings. The third-order valence-electron chi connectivity index (χ3n) is 4.30. The van der Waals surface area contributed by atoms with Crippen LogP contribution in [0.1, 0.15) is 30.0 Å². The van der Waals surface area contributed by atoms with Crippen LogP contribution in [0.4, 0.5) is 0 Å². The van der Waals surface area contributed by atoms with Crippen molar-refractivity contribution in [2.45, 2.75) is 31.4 Å². The van der Waals surface area contributed by atoms with Gasteiger partial charge in [-0.25, -0.2) is 0 Å². The van der Waals surface area contributed by atoms with Gasteiger partial charge in [0.15, 0.2) is 0 Å². The standard InChI is InChI=1S/C18H21NO/c1-2-19-17-13-12-14-8-6-7-11-16(14)18(17,20)15-9-4-3-5-10-15/h3-11,17,19-20H,2,12-13H2,1H3. The Morgan fingerprint density at radius 2 is 1.80 bits per heavy atom. The second kappa shape index (κ2) is 5.39. The van der Waals surface area contributed by atoms with Gasteiger partial charge < -0.3 is 10.4 Å². The first-order valence-electron chi connectivity index (χ1n) is 7.36. The van der Waals surface area contributed by atoms with Crippen molar-refractivity contribution >= 4 is 0 Å². The Morgan fingerprint density at radius 1 is 1.10 bits per heavy atom. The molecule has 0 amide bonds. The maximum absolute atomic E-state index is 11.5. The number of nitrogens with one attached hydrogen (secondary N) is 1. The lowest BCUT2D eigenvalue weighted by Crippen LogP contribution is -2.52. The third kappa shape index (κ3) is 2.05. The molecule has 0 bridgehead atoms. The van der Waals surface area contributed by atoms with Crippen LogP contribution in [0.2, 0.25) is 0 Å². The molecule has 0 aromatic heterocycles. The van der Waals surface area contributed by atoms with Gasteiger partial charge in [-0.3, -0.25) is 0 Å². The minimum absolute atomic E-state index is 0.0600. The minimum atomic E-state index is -0.938. The van der Waals surface area contributed by atoms with Gasteiger partial charge >= 0.3 is 0 Å². The Hall–Kier alpha value is -1.64. The van der Waals surface area contributed by atoms with Crippen LogP contribution >= 0.6 is 0 Å². The van der Waals surface area contributed by atoms with E-state index in [2.05, 4.69) is 30.4 Å². The van der Waals surface area contributed by atoms with E-state index < -0.39 is 5.60 Å². The van der Waals surface area contributed by atoms with E-state index in [1.165, 1.54) is 5.56 Å². The molecular formula is C18H21NO. The van der Waals surface area contributed by atoms with Gasteiger partial charge in [-0.05, 0) is 36.1 Å². The SMILES string of the molecule is CCNC1CCc2ccccc2C1(O)c1ccccc1. The van der Waals surface area contributed by atoms with Crippen LogP contribution in [0.25, 0.3) is 0 Å². The number of hydrogen-bond donors (Lipinski definition) is 2. The Balaban J connectivity index is 2.16. The molecule has 0 heterocycles. The predicted octanol–water partition coefficient (Wildman–Crippen LogP) is 2.85. The van der Waals surface area contributed by atoms with Crippen LogP contribution in [-0.4, -0.2) is 17.7 Å². The van der Waals surface area contributed by atoms with Crippen molar-refractivity contribution < 1.29 is 5.11 Å². The molecular weight excluding hydrogens is 246 g/mol. The molecule has 2 aromatic carbocycles. The smallest absolute Gasteiger partial charge is 0.130 e. The molecule has 0 saturated carbocycles. The van der Waals surface area contributed by atoms with Crippen molar-refractivity contribution in [1.29, 1.82) is 0 Å². The molecule has 104 valence electrons. The van der Waals surface area contributed by atoms with Crippen LogP contribution in [0.5, 0.6) is 0 Å². The lowest BCUT2D eigenvalue weighted by molar-refractivity contribution is 0.0269. The fourth-order valence-electron chi connectivity index (χ4n) is 3.35. The third-order valence-corrected chi connectivity index (χ3v) is 4.30. The summed E-state index contributed by atoms with van der Waals surface area (Å²) < 4.78 is 0. The number of benzene rings is 2. The summed E-state index contributed by atoms with van der Waals surface area (Å²) in [6.07, 6.45) is 1.97. The number of hydrogen-bond acceptors (Lipinski definition) is 2. The normalized spacial score (nSPS) is 25.2. The first kappa shape index (κ1) is 13.3. The summed E-state index contributed by atoms with van der Waals surface area (Å²) in [6, 6.07) is 18.3. The van der Waals surface area contributed by atoms with Gasteiger partial charge in [0.1, 0.15) is 5.60 Å². The van der Waals surface area contributed by atoms with E-state index in [-0.39, 0.29) is 6.04 Å². The molecule has 0 fully saturated rings. The molecule has 2 N–H and O–H groups in total. The fourth-order valence-corrected chi connectivity index (χ4v) is 3.35. The summed E-state index contributed by atoms with van der Waals surface area (Å²) >= 11 is 0. The van der Waals surface area contributed by atoms with Crippen molar-refractivity contribution in [3.8, 4) is 0 Å². The largest absolute Gasteiger partial charge is 0.379 e. The van der Waals surface area contributed by atoms with E-state index in [4.69, 9.17) is 0 Å². The maximum Gasteiger partial charge on any atom is 0.130 e. The Labute approximate surface area is 120 Å². The van der Waals surface area contributed by atoms with Crippen molar-refractivity contribution in [3.05, 3.63) is 71.3 Å².